The molecule has 0 spiro atoms. The Morgan fingerprint density at radius 3 is 2.90 bits per heavy atom. The molecule has 1 saturated heterocycles. The fourth-order valence-electron chi connectivity index (χ4n) is 2.51. The van der Waals surface area contributed by atoms with E-state index in [1.54, 1.807) is 0 Å². The van der Waals surface area contributed by atoms with Gasteiger partial charge in [-0.05, 0) is 48.3 Å². The van der Waals surface area contributed by atoms with Crippen molar-refractivity contribution in [2.24, 2.45) is 0 Å². The molecule has 1 aliphatic rings. The number of alkyl halides is 1. The summed E-state index contributed by atoms with van der Waals surface area (Å²) in [4.78, 5) is 14.5. The average Bonchev–Trinajstić information content (AvgIpc) is 2.39. The molecule has 3 nitrogen and oxygen atoms in total. The van der Waals surface area contributed by atoms with E-state index in [0.29, 0.717) is 24.5 Å². The Labute approximate surface area is 133 Å². The van der Waals surface area contributed by atoms with Crippen molar-refractivity contribution in [2.45, 2.75) is 32.5 Å². The van der Waals surface area contributed by atoms with Crippen LogP contribution in [0.2, 0.25) is 0 Å². The van der Waals surface area contributed by atoms with Crippen molar-refractivity contribution < 1.29 is 9.53 Å². The van der Waals surface area contributed by atoms with Crippen molar-refractivity contribution in [3.05, 3.63) is 33.8 Å². The quantitative estimate of drug-likeness (QED) is 0.754. The minimum Gasteiger partial charge on any atom is -0.367 e. The van der Waals surface area contributed by atoms with Crippen LogP contribution in [0.5, 0.6) is 0 Å². The highest BCUT2D eigenvalue weighted by Gasteiger charge is 2.35. The van der Waals surface area contributed by atoms with E-state index < -0.39 is 0 Å². The lowest BCUT2D eigenvalue weighted by Crippen LogP contribution is -2.55. The van der Waals surface area contributed by atoms with Crippen LogP contribution in [-0.4, -0.2) is 41.5 Å². The van der Waals surface area contributed by atoms with Gasteiger partial charge in [0.2, 0.25) is 0 Å². The minimum absolute atomic E-state index is 0.0204. The Hall–Kier alpha value is -0.580. The monoisotopic (exact) mass is 359 g/mol. The van der Waals surface area contributed by atoms with Crippen molar-refractivity contribution in [1.82, 2.24) is 4.90 Å². The molecule has 1 atom stereocenters. The third-order valence-corrected chi connectivity index (χ3v) is 4.76. The number of ether oxygens (including phenoxy) is 1. The molecule has 1 fully saturated rings. The predicted molar refractivity (Wildman–Crippen MR) is 84.5 cm³/mol. The van der Waals surface area contributed by atoms with Crippen LogP contribution in [0, 0.1) is 6.92 Å². The number of carbonyl (C=O) groups excluding carboxylic acids is 1. The van der Waals surface area contributed by atoms with Gasteiger partial charge in [0.05, 0.1) is 23.1 Å². The molecular formula is C15H19BrClNO2. The van der Waals surface area contributed by atoms with E-state index in [4.69, 9.17) is 16.3 Å². The molecule has 110 valence electrons. The molecule has 0 saturated carbocycles. The normalized spacial score (nSPS) is 21.9. The van der Waals surface area contributed by atoms with Crippen LogP contribution in [0.15, 0.2) is 22.7 Å². The standard InChI is InChI=1S/C15H19BrClNO2/c1-10-5-4-6-12(13(10)16)14(19)18-8-11(7-17)20-15(2,3)9-18/h4-6,11H,7-9H2,1-3H3. The average molecular weight is 361 g/mol. The van der Waals surface area contributed by atoms with Gasteiger partial charge in [-0.3, -0.25) is 4.79 Å². The smallest absolute Gasteiger partial charge is 0.255 e. The van der Waals surface area contributed by atoms with Gasteiger partial charge in [0, 0.05) is 17.6 Å². The fraction of sp³-hybridized carbons (Fsp3) is 0.533. The van der Waals surface area contributed by atoms with Gasteiger partial charge in [-0.25, -0.2) is 0 Å². The summed E-state index contributed by atoms with van der Waals surface area (Å²) in [5.41, 5.74) is 1.37. The molecule has 0 radical (unpaired) electrons. The molecule has 0 bridgehead atoms. The maximum atomic E-state index is 12.7. The number of morpholine rings is 1. The van der Waals surface area contributed by atoms with Crippen LogP contribution in [0.3, 0.4) is 0 Å². The van der Waals surface area contributed by atoms with Crippen LogP contribution in [0.1, 0.15) is 29.8 Å². The van der Waals surface area contributed by atoms with Gasteiger partial charge >= 0.3 is 0 Å². The Morgan fingerprint density at radius 2 is 2.25 bits per heavy atom. The van der Waals surface area contributed by atoms with E-state index in [1.807, 2.05) is 43.9 Å². The summed E-state index contributed by atoms with van der Waals surface area (Å²) < 4.78 is 6.71. The van der Waals surface area contributed by atoms with E-state index in [1.165, 1.54) is 0 Å². The number of hydrogen-bond acceptors (Lipinski definition) is 2. The van der Waals surface area contributed by atoms with E-state index in [-0.39, 0.29) is 17.6 Å². The van der Waals surface area contributed by atoms with Crippen molar-refractivity contribution in [3.63, 3.8) is 0 Å². The third kappa shape index (κ3) is 3.35. The van der Waals surface area contributed by atoms with Gasteiger partial charge in [-0.2, -0.15) is 0 Å². The third-order valence-electron chi connectivity index (χ3n) is 3.36. The zero-order valence-corrected chi connectivity index (χ0v) is 14.3. The highest BCUT2D eigenvalue weighted by Crippen LogP contribution is 2.27. The number of nitrogens with zero attached hydrogens (tertiary/aromatic N) is 1. The minimum atomic E-state index is -0.371. The van der Waals surface area contributed by atoms with Gasteiger partial charge in [0.25, 0.3) is 5.91 Å². The molecule has 5 heteroatoms. The summed E-state index contributed by atoms with van der Waals surface area (Å²) in [5, 5.41) is 0. The summed E-state index contributed by atoms with van der Waals surface area (Å²) in [6.07, 6.45) is -0.118. The topological polar surface area (TPSA) is 29.5 Å². The molecule has 1 heterocycles. The van der Waals surface area contributed by atoms with E-state index in [2.05, 4.69) is 15.9 Å². The maximum absolute atomic E-state index is 12.7. The molecule has 1 amide bonds. The zero-order chi connectivity index (χ0) is 14.9. The molecule has 20 heavy (non-hydrogen) atoms. The second-order valence-electron chi connectivity index (χ2n) is 5.78. The van der Waals surface area contributed by atoms with Gasteiger partial charge in [0.1, 0.15) is 0 Å². The predicted octanol–water partition coefficient (Wildman–Crippen LogP) is 3.62. The number of benzene rings is 1. The van der Waals surface area contributed by atoms with E-state index in [9.17, 15) is 4.79 Å². The zero-order valence-electron chi connectivity index (χ0n) is 12.0. The number of hydrogen-bond donors (Lipinski definition) is 0. The summed E-state index contributed by atoms with van der Waals surface area (Å²) in [6, 6.07) is 5.72. The van der Waals surface area contributed by atoms with Gasteiger partial charge in [-0.15, -0.1) is 11.6 Å². The van der Waals surface area contributed by atoms with Gasteiger partial charge < -0.3 is 9.64 Å². The Kier molecular flexibility index (Phi) is 4.77. The molecule has 1 aromatic rings. The van der Waals surface area contributed by atoms with Crippen LogP contribution in [-0.2, 0) is 4.74 Å². The Morgan fingerprint density at radius 1 is 1.55 bits per heavy atom. The first kappa shape index (κ1) is 15.8. The van der Waals surface area contributed by atoms with Gasteiger partial charge in [0.15, 0.2) is 0 Å². The summed E-state index contributed by atoms with van der Waals surface area (Å²) >= 11 is 9.41. The van der Waals surface area contributed by atoms with Crippen LogP contribution < -0.4 is 0 Å². The Balaban J connectivity index is 2.26. The SMILES string of the molecule is Cc1cccc(C(=O)N2CC(CCl)OC(C)(C)C2)c1Br. The second-order valence-corrected chi connectivity index (χ2v) is 6.88. The van der Waals surface area contributed by atoms with Crippen LogP contribution in [0.25, 0.3) is 0 Å². The van der Waals surface area contributed by atoms with Crippen molar-refractivity contribution in [2.75, 3.05) is 19.0 Å². The maximum Gasteiger partial charge on any atom is 0.255 e. The highest BCUT2D eigenvalue weighted by molar-refractivity contribution is 9.10. The first-order valence-electron chi connectivity index (χ1n) is 6.62. The largest absolute Gasteiger partial charge is 0.367 e. The molecule has 0 aliphatic carbocycles. The molecular weight excluding hydrogens is 342 g/mol. The number of halogens is 2. The van der Waals surface area contributed by atoms with Crippen LogP contribution >= 0.6 is 27.5 Å². The number of amides is 1. The van der Waals surface area contributed by atoms with E-state index in [0.717, 1.165) is 10.0 Å². The van der Waals surface area contributed by atoms with Gasteiger partial charge in [-0.1, -0.05) is 12.1 Å². The molecule has 0 aromatic heterocycles. The number of rotatable bonds is 2. The van der Waals surface area contributed by atoms with Crippen molar-refractivity contribution >= 4 is 33.4 Å². The second kappa shape index (κ2) is 6.04. The molecule has 0 N–H and O–H groups in total. The Bertz CT molecular complexity index is 519. The lowest BCUT2D eigenvalue weighted by molar-refractivity contribution is -0.117. The molecule has 2 rings (SSSR count). The van der Waals surface area contributed by atoms with Crippen molar-refractivity contribution in [1.29, 1.82) is 0 Å². The molecule has 1 aliphatic heterocycles. The first-order valence-corrected chi connectivity index (χ1v) is 7.95. The van der Waals surface area contributed by atoms with Crippen LogP contribution in [0.4, 0.5) is 0 Å². The van der Waals surface area contributed by atoms with Crippen molar-refractivity contribution in [3.8, 4) is 0 Å². The lowest BCUT2D eigenvalue weighted by Gasteiger charge is -2.42. The lowest BCUT2D eigenvalue weighted by atomic mass is 10.0. The molecule has 1 unspecified atom stereocenters. The highest BCUT2D eigenvalue weighted by atomic mass is 79.9. The first-order chi connectivity index (χ1) is 9.34. The van der Waals surface area contributed by atoms with E-state index >= 15 is 0 Å². The number of aryl methyl sites for hydroxylation is 1. The summed E-state index contributed by atoms with van der Waals surface area (Å²) in [5.74, 6) is 0.412. The fourth-order valence-corrected chi connectivity index (χ4v) is 3.11. The number of carbonyl (C=O) groups is 1. The summed E-state index contributed by atoms with van der Waals surface area (Å²) in [7, 11) is 0. The molecule has 1 aromatic carbocycles. The summed E-state index contributed by atoms with van der Waals surface area (Å²) in [6.45, 7) is 7.05.